The van der Waals surface area contributed by atoms with Crippen LogP contribution in [0.5, 0.6) is 0 Å². The fourth-order valence-corrected chi connectivity index (χ4v) is 5.03. The third-order valence-electron chi connectivity index (χ3n) is 7.97. The van der Waals surface area contributed by atoms with Crippen molar-refractivity contribution in [3.63, 3.8) is 0 Å². The Balaban J connectivity index is 3.68. The zero-order valence-corrected chi connectivity index (χ0v) is 29.0. The normalized spacial score (nSPS) is 12.8. The van der Waals surface area contributed by atoms with Gasteiger partial charge in [0.25, 0.3) is 0 Å². The Morgan fingerprint density at radius 1 is 0.476 bits per heavy atom. The molecule has 0 atom stereocenters. The molecule has 0 radical (unpaired) electrons. The van der Waals surface area contributed by atoms with Crippen LogP contribution in [-0.2, 0) is 9.53 Å². The van der Waals surface area contributed by atoms with Crippen molar-refractivity contribution in [3.8, 4) is 0 Å². The van der Waals surface area contributed by atoms with Crippen molar-refractivity contribution < 1.29 is 9.53 Å². The number of hydrogen-bond donors (Lipinski definition) is 0. The predicted octanol–water partition coefficient (Wildman–Crippen LogP) is 13.5. The van der Waals surface area contributed by atoms with Crippen LogP contribution in [0.1, 0.15) is 183 Å². The molecule has 42 heavy (non-hydrogen) atoms. The monoisotopic (exact) mass is 583 g/mol. The molecule has 0 fully saturated rings. The number of allylic oxidation sites excluding steroid dienone is 9. The van der Waals surface area contributed by atoms with Gasteiger partial charge in [-0.05, 0) is 111 Å². The van der Waals surface area contributed by atoms with Gasteiger partial charge >= 0.3 is 5.97 Å². The number of carbonyl (C=O) groups excluding carboxylic acids is 1. The minimum atomic E-state index is -0.0529. The minimum Gasteiger partial charge on any atom is -0.461 e. The maximum Gasteiger partial charge on any atom is 0.306 e. The number of carbonyl (C=O) groups is 1. The fraction of sp³-hybridized carbons (Fsp3) is 0.725. The van der Waals surface area contributed by atoms with Crippen LogP contribution in [0.4, 0.5) is 0 Å². The summed E-state index contributed by atoms with van der Waals surface area (Å²) in [5.41, 5.74) is 5.67. The molecule has 0 unspecified atom stereocenters. The van der Waals surface area contributed by atoms with Crippen LogP contribution in [0.15, 0.2) is 58.7 Å². The first-order chi connectivity index (χ1) is 20.3. The second-order valence-corrected chi connectivity index (χ2v) is 12.8. The van der Waals surface area contributed by atoms with Crippen molar-refractivity contribution in [2.45, 2.75) is 183 Å². The third-order valence-corrected chi connectivity index (χ3v) is 7.97. The van der Waals surface area contributed by atoms with Crippen LogP contribution in [0, 0.1) is 0 Å². The Hall–Kier alpha value is -1.83. The van der Waals surface area contributed by atoms with Crippen molar-refractivity contribution >= 4 is 5.97 Å². The Bertz CT molecular complexity index is 788. The van der Waals surface area contributed by atoms with E-state index in [2.05, 4.69) is 78.0 Å². The van der Waals surface area contributed by atoms with Gasteiger partial charge in [-0.25, -0.2) is 0 Å². The summed E-state index contributed by atoms with van der Waals surface area (Å²) >= 11 is 0. The van der Waals surface area contributed by atoms with Crippen molar-refractivity contribution in [2.24, 2.45) is 0 Å². The molecule has 0 aromatic heterocycles. The molecule has 0 saturated heterocycles. The number of unbranched alkanes of at least 4 members (excludes halogenated alkanes) is 13. The molecule has 0 spiro atoms. The third kappa shape index (κ3) is 31.1. The lowest BCUT2D eigenvalue weighted by atomic mass is 10.0. The molecule has 0 heterocycles. The molecule has 0 aliphatic heterocycles. The zero-order valence-electron chi connectivity index (χ0n) is 29.0. The smallest absolute Gasteiger partial charge is 0.306 e. The highest BCUT2D eigenvalue weighted by atomic mass is 16.5. The van der Waals surface area contributed by atoms with E-state index in [9.17, 15) is 4.79 Å². The van der Waals surface area contributed by atoms with Gasteiger partial charge in [0, 0.05) is 6.42 Å². The lowest BCUT2D eigenvalue weighted by Gasteiger charge is -2.04. The molecule has 0 aromatic rings. The minimum absolute atomic E-state index is 0.0529. The van der Waals surface area contributed by atoms with Crippen LogP contribution in [0.25, 0.3) is 0 Å². The highest BCUT2D eigenvalue weighted by molar-refractivity contribution is 5.69. The Morgan fingerprint density at radius 2 is 0.905 bits per heavy atom. The van der Waals surface area contributed by atoms with Crippen LogP contribution in [-0.4, -0.2) is 12.6 Å². The van der Waals surface area contributed by atoms with Crippen molar-refractivity contribution in [1.29, 1.82) is 0 Å². The zero-order chi connectivity index (χ0) is 31.1. The van der Waals surface area contributed by atoms with Gasteiger partial charge in [0.2, 0.25) is 0 Å². The Kier molecular flexibility index (Phi) is 29.3. The second-order valence-electron chi connectivity index (χ2n) is 12.8. The molecule has 0 bridgehead atoms. The first-order valence-electron chi connectivity index (χ1n) is 17.8. The lowest BCUT2D eigenvalue weighted by molar-refractivity contribution is -0.142. The molecule has 0 aromatic carbocycles. The molecule has 2 heteroatoms. The summed E-state index contributed by atoms with van der Waals surface area (Å²) < 4.78 is 5.44. The summed E-state index contributed by atoms with van der Waals surface area (Å²) in [6.07, 6.45) is 40.6. The van der Waals surface area contributed by atoms with Gasteiger partial charge in [0.05, 0.1) is 0 Å². The molecule has 0 rings (SSSR count). The number of esters is 1. The molecule has 0 N–H and O–H groups in total. The van der Waals surface area contributed by atoms with Gasteiger partial charge in [0.1, 0.15) is 6.61 Å². The molecule has 242 valence electrons. The molecule has 0 saturated carbocycles. The van der Waals surface area contributed by atoms with E-state index in [1.165, 1.54) is 112 Å². The molecule has 0 aliphatic rings. The van der Waals surface area contributed by atoms with Crippen molar-refractivity contribution in [2.75, 3.05) is 6.61 Å². The van der Waals surface area contributed by atoms with Gasteiger partial charge in [-0.1, -0.05) is 124 Å². The van der Waals surface area contributed by atoms with E-state index in [1.54, 1.807) is 0 Å². The summed E-state index contributed by atoms with van der Waals surface area (Å²) in [6, 6.07) is 0. The maximum atomic E-state index is 12.0. The predicted molar refractivity (Wildman–Crippen MR) is 188 cm³/mol. The van der Waals surface area contributed by atoms with Gasteiger partial charge in [-0.2, -0.15) is 0 Å². The molecule has 0 aliphatic carbocycles. The number of ether oxygens (including phenoxy) is 1. The fourth-order valence-electron chi connectivity index (χ4n) is 5.03. The van der Waals surface area contributed by atoms with Crippen LogP contribution in [0.2, 0.25) is 0 Å². The Labute approximate surface area is 263 Å². The van der Waals surface area contributed by atoms with E-state index in [-0.39, 0.29) is 5.97 Å². The molecular formula is C40H70O2. The summed E-state index contributed by atoms with van der Waals surface area (Å²) in [7, 11) is 0. The largest absolute Gasteiger partial charge is 0.461 e. The number of hydrogen-bond acceptors (Lipinski definition) is 2. The van der Waals surface area contributed by atoms with E-state index in [0.29, 0.717) is 13.0 Å². The van der Waals surface area contributed by atoms with Crippen molar-refractivity contribution in [1.82, 2.24) is 0 Å². The topological polar surface area (TPSA) is 26.3 Å². The van der Waals surface area contributed by atoms with Crippen LogP contribution >= 0.6 is 0 Å². The van der Waals surface area contributed by atoms with Gasteiger partial charge in [-0.15, -0.1) is 0 Å². The van der Waals surface area contributed by atoms with Gasteiger partial charge < -0.3 is 4.74 Å². The lowest BCUT2D eigenvalue weighted by Crippen LogP contribution is -2.04. The first-order valence-corrected chi connectivity index (χ1v) is 17.8. The average molecular weight is 583 g/mol. The van der Waals surface area contributed by atoms with E-state index >= 15 is 0 Å². The molecule has 2 nitrogen and oxygen atoms in total. The highest BCUT2D eigenvalue weighted by Gasteiger charge is 2.02. The highest BCUT2D eigenvalue weighted by Crippen LogP contribution is 2.14. The van der Waals surface area contributed by atoms with E-state index in [4.69, 9.17) is 4.74 Å². The summed E-state index contributed by atoms with van der Waals surface area (Å²) in [6.45, 7) is 13.7. The molecular weight excluding hydrogens is 512 g/mol. The van der Waals surface area contributed by atoms with Crippen LogP contribution < -0.4 is 0 Å². The van der Waals surface area contributed by atoms with Gasteiger partial charge in [0.15, 0.2) is 0 Å². The summed E-state index contributed by atoms with van der Waals surface area (Å²) in [4.78, 5) is 12.0. The Morgan fingerprint density at radius 3 is 1.40 bits per heavy atom. The average Bonchev–Trinajstić information content (AvgIpc) is 2.94. The molecule has 0 amide bonds. The van der Waals surface area contributed by atoms with E-state index < -0.39 is 0 Å². The standard InChI is InChI=1S/C40H70O2/c1-7-8-9-10-11-12-13-14-15-16-17-18-19-20-21-22-23-33-40(41)42-35-34-39(6)32-26-31-38(5)30-25-29-37(4)28-24-27-36(2)3/h16-17,27,29,31,34H,7-15,18-26,28,30,32-33,35H2,1-6H3/b17-16-,37-29+,38-31+,39-34+. The first kappa shape index (κ1) is 40.2. The summed E-state index contributed by atoms with van der Waals surface area (Å²) in [5, 5.41) is 0. The van der Waals surface area contributed by atoms with Crippen LogP contribution in [0.3, 0.4) is 0 Å². The second kappa shape index (κ2) is 30.6. The van der Waals surface area contributed by atoms with Gasteiger partial charge in [-0.3, -0.25) is 4.79 Å². The van der Waals surface area contributed by atoms with E-state index in [1.807, 2.05) is 0 Å². The maximum absolute atomic E-state index is 12.0. The van der Waals surface area contributed by atoms with E-state index in [0.717, 1.165) is 44.9 Å². The SMILES string of the molecule is CCCCCCCCCC/C=C\CCCCCCCC(=O)OC/C=C(\C)CC/C=C(\C)CC/C=C(\C)CCC=C(C)C. The quantitative estimate of drug-likeness (QED) is 0.0521. The van der Waals surface area contributed by atoms with Crippen molar-refractivity contribution in [3.05, 3.63) is 58.7 Å². The number of rotatable bonds is 28. The summed E-state index contributed by atoms with van der Waals surface area (Å²) in [5.74, 6) is -0.0529.